The van der Waals surface area contributed by atoms with E-state index in [4.69, 9.17) is 14.2 Å². The Morgan fingerprint density at radius 1 is 1.16 bits per heavy atom. The quantitative estimate of drug-likeness (QED) is 0.509. The van der Waals surface area contributed by atoms with E-state index in [1.54, 1.807) is 18.2 Å². The van der Waals surface area contributed by atoms with E-state index in [1.165, 1.54) is 31.5 Å². The second-order valence-corrected chi connectivity index (χ2v) is 5.34. The fourth-order valence-corrected chi connectivity index (χ4v) is 2.20. The Morgan fingerprint density at radius 2 is 1.84 bits per heavy atom. The molecule has 3 rings (SSSR count). The number of esters is 1. The van der Waals surface area contributed by atoms with Gasteiger partial charge in [0.2, 0.25) is 0 Å². The number of aromatic nitrogens is 1. The number of pyridine rings is 1. The summed E-state index contributed by atoms with van der Waals surface area (Å²) >= 11 is 0. The Balaban J connectivity index is 1.60. The minimum absolute atomic E-state index is 0.186. The summed E-state index contributed by atoms with van der Waals surface area (Å²) < 4.78 is 16.5. The molecule has 2 aromatic rings. The van der Waals surface area contributed by atoms with Gasteiger partial charge in [0.15, 0.2) is 30.0 Å². The van der Waals surface area contributed by atoms with Crippen LogP contribution in [0.4, 0.5) is 5.69 Å². The lowest BCUT2D eigenvalue weighted by atomic mass is 10.2. The van der Waals surface area contributed by atoms with Crippen molar-refractivity contribution in [1.29, 1.82) is 0 Å². The van der Waals surface area contributed by atoms with Crippen LogP contribution in [-0.4, -0.2) is 31.2 Å². The number of hydrogen-bond acceptors (Lipinski definition) is 6. The Labute approximate surface area is 143 Å². The number of fused-ring (bicyclic) bond motifs is 1. The van der Waals surface area contributed by atoms with Crippen LogP contribution < -0.4 is 19.5 Å². The number of nitrogens with one attached hydrogen (secondary N) is 1. The average Bonchev–Trinajstić information content (AvgIpc) is 2.62. The highest BCUT2D eigenvalue weighted by atomic mass is 16.6. The van der Waals surface area contributed by atoms with Crippen molar-refractivity contribution in [2.45, 2.75) is 13.0 Å². The highest BCUT2D eigenvalue weighted by Crippen LogP contribution is 2.32. The largest absolute Gasteiger partial charge is 0.619 e. The average molecular weight is 344 g/mol. The van der Waals surface area contributed by atoms with Crippen molar-refractivity contribution in [1.82, 2.24) is 0 Å². The van der Waals surface area contributed by atoms with E-state index < -0.39 is 18.0 Å². The molecule has 0 saturated heterocycles. The van der Waals surface area contributed by atoms with Gasteiger partial charge in [-0.1, -0.05) is 0 Å². The van der Waals surface area contributed by atoms with Crippen LogP contribution in [0.25, 0.3) is 0 Å². The summed E-state index contributed by atoms with van der Waals surface area (Å²) in [6.07, 6.45) is 1.34. The molecule has 0 saturated carbocycles. The molecule has 1 unspecified atom stereocenters. The molecule has 0 fully saturated rings. The first kappa shape index (κ1) is 16.6. The minimum Gasteiger partial charge on any atom is -0.619 e. The molecule has 130 valence electrons. The Bertz CT molecular complexity index is 790. The zero-order valence-electron chi connectivity index (χ0n) is 13.4. The van der Waals surface area contributed by atoms with E-state index >= 15 is 0 Å². The van der Waals surface area contributed by atoms with Gasteiger partial charge in [-0.15, -0.1) is 0 Å². The van der Waals surface area contributed by atoms with Gasteiger partial charge in [-0.05, 0) is 19.1 Å². The summed E-state index contributed by atoms with van der Waals surface area (Å²) in [6.45, 7) is 2.39. The van der Waals surface area contributed by atoms with Gasteiger partial charge in [0.25, 0.3) is 5.91 Å². The first-order valence-electron chi connectivity index (χ1n) is 7.63. The highest BCUT2D eigenvalue weighted by Gasteiger charge is 2.20. The fourth-order valence-electron chi connectivity index (χ4n) is 2.20. The normalized spacial score (nSPS) is 13.6. The minimum atomic E-state index is -1.01. The summed E-state index contributed by atoms with van der Waals surface area (Å²) in [5.41, 5.74) is 0.690. The zero-order chi connectivity index (χ0) is 17.8. The molecule has 1 aromatic heterocycles. The van der Waals surface area contributed by atoms with Gasteiger partial charge in [-0.3, -0.25) is 4.79 Å². The Morgan fingerprint density at radius 3 is 2.56 bits per heavy atom. The maximum Gasteiger partial charge on any atom is 0.339 e. The molecule has 1 amide bonds. The third kappa shape index (κ3) is 3.97. The van der Waals surface area contributed by atoms with Gasteiger partial charge in [-0.25, -0.2) is 4.79 Å². The van der Waals surface area contributed by atoms with Crippen molar-refractivity contribution in [3.63, 3.8) is 0 Å². The summed E-state index contributed by atoms with van der Waals surface area (Å²) in [7, 11) is 0. The predicted octanol–water partition coefficient (Wildman–Crippen LogP) is 1.28. The zero-order valence-corrected chi connectivity index (χ0v) is 13.4. The lowest BCUT2D eigenvalue weighted by Crippen LogP contribution is -2.30. The lowest BCUT2D eigenvalue weighted by Gasteiger charge is -2.19. The number of ether oxygens (including phenoxy) is 3. The molecular weight excluding hydrogens is 328 g/mol. The summed E-state index contributed by atoms with van der Waals surface area (Å²) in [5.74, 6) is -0.0161. The van der Waals surface area contributed by atoms with Gasteiger partial charge in [-0.2, -0.15) is 4.73 Å². The molecule has 1 N–H and O–H groups in total. The van der Waals surface area contributed by atoms with Gasteiger partial charge >= 0.3 is 5.97 Å². The van der Waals surface area contributed by atoms with Crippen molar-refractivity contribution in [2.24, 2.45) is 0 Å². The molecule has 8 heteroatoms. The van der Waals surface area contributed by atoms with Crippen LogP contribution in [-0.2, 0) is 9.53 Å². The SMILES string of the molecule is CC(OC(=O)c1cc[n+]([O-])cc1)C(=O)Nc1ccc2c(c1)OCCO2. The monoisotopic (exact) mass is 344 g/mol. The third-order valence-electron chi connectivity index (χ3n) is 3.50. The number of carbonyl (C=O) groups excluding carboxylic acids is 2. The molecule has 1 aliphatic rings. The van der Waals surface area contributed by atoms with Crippen LogP contribution >= 0.6 is 0 Å². The van der Waals surface area contributed by atoms with E-state index in [0.29, 0.717) is 35.1 Å². The predicted molar refractivity (Wildman–Crippen MR) is 86.3 cm³/mol. The molecule has 1 aliphatic heterocycles. The van der Waals surface area contributed by atoms with E-state index in [1.807, 2.05) is 0 Å². The standard InChI is InChI=1S/C17H16N2O6/c1-11(25-17(21)12-4-6-19(22)7-5-12)16(20)18-13-2-3-14-15(10-13)24-9-8-23-14/h2-7,10-11H,8-9H2,1H3,(H,18,20). The fraction of sp³-hybridized carbons (Fsp3) is 0.235. The molecule has 0 aliphatic carbocycles. The number of rotatable bonds is 4. The molecular formula is C17H16N2O6. The van der Waals surface area contributed by atoms with E-state index in [-0.39, 0.29) is 5.56 Å². The molecule has 0 radical (unpaired) electrons. The number of hydrogen-bond donors (Lipinski definition) is 1. The van der Waals surface area contributed by atoms with Crippen LogP contribution in [0.2, 0.25) is 0 Å². The molecule has 25 heavy (non-hydrogen) atoms. The number of nitrogens with zero attached hydrogens (tertiary/aromatic N) is 1. The molecule has 0 spiro atoms. The van der Waals surface area contributed by atoms with E-state index in [0.717, 1.165) is 0 Å². The van der Waals surface area contributed by atoms with Crippen LogP contribution in [0.5, 0.6) is 11.5 Å². The number of carbonyl (C=O) groups is 2. The van der Waals surface area contributed by atoms with Crippen molar-refractivity contribution in [2.75, 3.05) is 18.5 Å². The molecule has 0 bridgehead atoms. The highest BCUT2D eigenvalue weighted by molar-refractivity contribution is 5.97. The molecule has 8 nitrogen and oxygen atoms in total. The van der Waals surface area contributed by atoms with Crippen molar-refractivity contribution in [3.8, 4) is 11.5 Å². The van der Waals surface area contributed by atoms with Crippen molar-refractivity contribution >= 4 is 17.6 Å². The van der Waals surface area contributed by atoms with Gasteiger partial charge in [0, 0.05) is 23.9 Å². The second-order valence-electron chi connectivity index (χ2n) is 5.34. The van der Waals surface area contributed by atoms with Gasteiger partial charge in [0.05, 0.1) is 5.56 Å². The number of amides is 1. The lowest BCUT2D eigenvalue weighted by molar-refractivity contribution is -0.605. The Kier molecular flexibility index (Phi) is 4.69. The van der Waals surface area contributed by atoms with Crippen LogP contribution in [0.3, 0.4) is 0 Å². The first-order valence-corrected chi connectivity index (χ1v) is 7.63. The van der Waals surface area contributed by atoms with Crippen molar-refractivity contribution in [3.05, 3.63) is 53.5 Å². The molecule has 1 aromatic carbocycles. The topological polar surface area (TPSA) is 101 Å². The molecule has 2 heterocycles. The maximum absolute atomic E-state index is 12.2. The number of benzene rings is 1. The maximum atomic E-state index is 12.2. The number of anilines is 1. The van der Waals surface area contributed by atoms with Gasteiger partial charge < -0.3 is 24.7 Å². The summed E-state index contributed by atoms with van der Waals surface area (Å²) in [6, 6.07) is 7.65. The van der Waals surface area contributed by atoms with Crippen LogP contribution in [0.15, 0.2) is 42.7 Å². The van der Waals surface area contributed by atoms with Crippen LogP contribution in [0, 0.1) is 5.21 Å². The van der Waals surface area contributed by atoms with Crippen LogP contribution in [0.1, 0.15) is 17.3 Å². The van der Waals surface area contributed by atoms with Crippen molar-refractivity contribution < 1.29 is 28.5 Å². The van der Waals surface area contributed by atoms with E-state index in [2.05, 4.69) is 5.32 Å². The van der Waals surface area contributed by atoms with Gasteiger partial charge in [0.1, 0.15) is 13.2 Å². The molecule has 1 atom stereocenters. The smallest absolute Gasteiger partial charge is 0.339 e. The Hall–Kier alpha value is -3.29. The van der Waals surface area contributed by atoms with E-state index in [9.17, 15) is 14.8 Å². The summed E-state index contributed by atoms with van der Waals surface area (Å²) in [5, 5.41) is 13.6. The summed E-state index contributed by atoms with van der Waals surface area (Å²) in [4.78, 5) is 24.2. The second kappa shape index (κ2) is 7.08. The first-order chi connectivity index (χ1) is 12.0. The third-order valence-corrected chi connectivity index (χ3v) is 3.50.